The topological polar surface area (TPSA) is 51.1 Å². The third-order valence-electron chi connectivity index (χ3n) is 3.43. The van der Waals surface area contributed by atoms with E-state index in [1.165, 1.54) is 5.56 Å². The largest absolute Gasteiger partial charge is 0.345 e. The van der Waals surface area contributed by atoms with Gasteiger partial charge < -0.3 is 9.88 Å². The summed E-state index contributed by atoms with van der Waals surface area (Å²) in [6, 6.07) is 11.4. The molecule has 0 fully saturated rings. The molecule has 4 nitrogen and oxygen atoms in total. The molecule has 0 spiro atoms. The second-order valence-corrected chi connectivity index (χ2v) is 5.32. The highest BCUT2D eigenvalue weighted by atomic mass is 16.1. The summed E-state index contributed by atoms with van der Waals surface area (Å²) in [5.41, 5.74) is 2.63. The summed E-state index contributed by atoms with van der Waals surface area (Å²) in [5, 5.41) is 2.87. The van der Waals surface area contributed by atoms with Crippen molar-refractivity contribution in [2.45, 2.75) is 32.7 Å². The van der Waals surface area contributed by atoms with Gasteiger partial charge in [-0.15, -0.1) is 0 Å². The number of rotatable bonds is 6. The van der Waals surface area contributed by atoms with Crippen LogP contribution in [0.5, 0.6) is 0 Å². The number of nitrogens with zero attached hydrogens (tertiary/aromatic N) is 1. The Hall–Kier alpha value is -2.36. The fraction of sp³-hybridized carbons (Fsp3) is 0.294. The van der Waals surface area contributed by atoms with Gasteiger partial charge >= 0.3 is 0 Å². The van der Waals surface area contributed by atoms with E-state index in [1.54, 1.807) is 22.9 Å². The van der Waals surface area contributed by atoms with E-state index in [0.717, 1.165) is 12.0 Å². The summed E-state index contributed by atoms with van der Waals surface area (Å²) in [5.74, 6) is 0.420. The molecule has 4 heteroatoms. The lowest BCUT2D eigenvalue weighted by Crippen LogP contribution is -2.15. The van der Waals surface area contributed by atoms with Crippen LogP contribution in [0.25, 0.3) is 0 Å². The van der Waals surface area contributed by atoms with E-state index in [0.29, 0.717) is 24.6 Å². The minimum atomic E-state index is -0.0576. The molecule has 110 valence electrons. The van der Waals surface area contributed by atoms with Crippen molar-refractivity contribution in [2.75, 3.05) is 5.32 Å². The number of aldehydes is 1. The highest BCUT2D eigenvalue weighted by molar-refractivity contribution is 5.90. The van der Waals surface area contributed by atoms with Crippen LogP contribution in [0.15, 0.2) is 42.6 Å². The van der Waals surface area contributed by atoms with E-state index < -0.39 is 0 Å². The fourth-order valence-corrected chi connectivity index (χ4v) is 2.13. The Morgan fingerprint density at radius 3 is 2.57 bits per heavy atom. The molecule has 0 saturated heterocycles. The second kappa shape index (κ2) is 6.88. The third kappa shape index (κ3) is 4.05. The van der Waals surface area contributed by atoms with Crippen LogP contribution in [0.1, 0.15) is 42.2 Å². The zero-order valence-electron chi connectivity index (χ0n) is 12.4. The lowest BCUT2D eigenvalue weighted by atomic mass is 10.0. The Balaban J connectivity index is 1.88. The molecule has 21 heavy (non-hydrogen) atoms. The SMILES string of the molecule is CC(C)c1ccc(NC(=O)CCn2cccc2C=O)cc1. The molecule has 1 aromatic carbocycles. The second-order valence-electron chi connectivity index (χ2n) is 5.32. The third-order valence-corrected chi connectivity index (χ3v) is 3.43. The highest BCUT2D eigenvalue weighted by Crippen LogP contribution is 2.17. The Morgan fingerprint density at radius 2 is 1.95 bits per heavy atom. The maximum absolute atomic E-state index is 11.9. The number of aromatic nitrogens is 1. The first-order valence-corrected chi connectivity index (χ1v) is 7.10. The van der Waals surface area contributed by atoms with E-state index in [-0.39, 0.29) is 5.91 Å². The normalized spacial score (nSPS) is 10.6. The predicted octanol–water partition coefficient (Wildman–Crippen LogP) is 3.45. The average molecular weight is 284 g/mol. The van der Waals surface area contributed by atoms with Crippen LogP contribution in [0, 0.1) is 0 Å². The number of amides is 1. The van der Waals surface area contributed by atoms with Crippen LogP contribution < -0.4 is 5.32 Å². The van der Waals surface area contributed by atoms with Gasteiger partial charge in [-0.1, -0.05) is 26.0 Å². The first kappa shape index (κ1) is 15.0. The summed E-state index contributed by atoms with van der Waals surface area (Å²) in [7, 11) is 0. The van der Waals surface area contributed by atoms with Crippen LogP contribution >= 0.6 is 0 Å². The van der Waals surface area contributed by atoms with Crippen molar-refractivity contribution in [3.8, 4) is 0 Å². The van der Waals surface area contributed by atoms with Gasteiger partial charge in [0.25, 0.3) is 0 Å². The predicted molar refractivity (Wildman–Crippen MR) is 83.6 cm³/mol. The molecular formula is C17H20N2O2. The number of hydrogen-bond donors (Lipinski definition) is 1. The molecule has 1 N–H and O–H groups in total. The molecule has 0 unspecified atom stereocenters. The van der Waals surface area contributed by atoms with Gasteiger partial charge in [-0.3, -0.25) is 9.59 Å². The zero-order valence-corrected chi connectivity index (χ0v) is 12.4. The molecule has 0 radical (unpaired) electrons. The number of nitrogens with one attached hydrogen (secondary N) is 1. The number of carbonyl (C=O) groups excluding carboxylic acids is 2. The van der Waals surface area contributed by atoms with Gasteiger partial charge in [0.2, 0.25) is 5.91 Å². The van der Waals surface area contributed by atoms with Crippen molar-refractivity contribution in [1.29, 1.82) is 0 Å². The first-order valence-electron chi connectivity index (χ1n) is 7.10. The van der Waals surface area contributed by atoms with Crippen LogP contribution in [0.4, 0.5) is 5.69 Å². The number of anilines is 1. The Morgan fingerprint density at radius 1 is 1.24 bits per heavy atom. The molecule has 2 rings (SSSR count). The summed E-state index contributed by atoms with van der Waals surface area (Å²) in [4.78, 5) is 22.7. The molecule has 0 saturated carbocycles. The highest BCUT2D eigenvalue weighted by Gasteiger charge is 2.05. The van der Waals surface area contributed by atoms with Gasteiger partial charge in [-0.05, 0) is 35.7 Å². The lowest BCUT2D eigenvalue weighted by molar-refractivity contribution is -0.116. The quantitative estimate of drug-likeness (QED) is 0.826. The van der Waals surface area contributed by atoms with Crippen molar-refractivity contribution in [3.63, 3.8) is 0 Å². The van der Waals surface area contributed by atoms with Crippen molar-refractivity contribution in [3.05, 3.63) is 53.9 Å². The molecule has 0 bridgehead atoms. The molecule has 0 aliphatic carbocycles. The minimum Gasteiger partial charge on any atom is -0.345 e. The van der Waals surface area contributed by atoms with E-state index in [2.05, 4.69) is 19.2 Å². The summed E-state index contributed by atoms with van der Waals surface area (Å²) in [6.45, 7) is 4.77. The van der Waals surface area contributed by atoms with Gasteiger partial charge in [-0.2, -0.15) is 0 Å². The Kier molecular flexibility index (Phi) is 4.93. The standard InChI is InChI=1S/C17H20N2O2/c1-13(2)14-5-7-15(8-6-14)18-17(21)9-11-19-10-3-4-16(19)12-20/h3-8,10,12-13H,9,11H2,1-2H3,(H,18,21). The molecule has 1 heterocycles. The van der Waals surface area contributed by atoms with Gasteiger partial charge in [0.1, 0.15) is 0 Å². The molecule has 0 aliphatic rings. The molecule has 0 atom stereocenters. The maximum atomic E-state index is 11.9. The molecular weight excluding hydrogens is 264 g/mol. The summed E-state index contributed by atoms with van der Waals surface area (Å²) < 4.78 is 1.77. The lowest BCUT2D eigenvalue weighted by Gasteiger charge is -2.09. The summed E-state index contributed by atoms with van der Waals surface area (Å²) in [6.07, 6.45) is 2.93. The van der Waals surface area contributed by atoms with Crippen LogP contribution in [0.2, 0.25) is 0 Å². The van der Waals surface area contributed by atoms with Gasteiger partial charge in [0, 0.05) is 24.8 Å². The Bertz CT molecular complexity index is 612. The minimum absolute atomic E-state index is 0.0576. The van der Waals surface area contributed by atoms with E-state index in [1.807, 2.05) is 24.3 Å². The zero-order chi connectivity index (χ0) is 15.2. The van der Waals surface area contributed by atoms with Crippen LogP contribution in [-0.2, 0) is 11.3 Å². The van der Waals surface area contributed by atoms with Crippen molar-refractivity contribution in [1.82, 2.24) is 4.57 Å². The van der Waals surface area contributed by atoms with Crippen LogP contribution in [-0.4, -0.2) is 16.8 Å². The molecule has 1 aromatic heterocycles. The van der Waals surface area contributed by atoms with Crippen molar-refractivity contribution < 1.29 is 9.59 Å². The number of benzene rings is 1. The molecule has 2 aromatic rings. The molecule has 0 aliphatic heterocycles. The number of aryl methyl sites for hydroxylation is 1. The maximum Gasteiger partial charge on any atom is 0.226 e. The van der Waals surface area contributed by atoms with Crippen molar-refractivity contribution >= 4 is 17.9 Å². The number of hydrogen-bond acceptors (Lipinski definition) is 2. The summed E-state index contributed by atoms with van der Waals surface area (Å²) >= 11 is 0. The smallest absolute Gasteiger partial charge is 0.226 e. The van der Waals surface area contributed by atoms with Crippen LogP contribution in [0.3, 0.4) is 0 Å². The van der Waals surface area contributed by atoms with Gasteiger partial charge in [-0.25, -0.2) is 0 Å². The van der Waals surface area contributed by atoms with Gasteiger partial charge in [0.15, 0.2) is 6.29 Å². The first-order chi connectivity index (χ1) is 10.1. The van der Waals surface area contributed by atoms with E-state index >= 15 is 0 Å². The fourth-order valence-electron chi connectivity index (χ4n) is 2.13. The molecule has 1 amide bonds. The van der Waals surface area contributed by atoms with E-state index in [4.69, 9.17) is 0 Å². The van der Waals surface area contributed by atoms with E-state index in [9.17, 15) is 9.59 Å². The average Bonchev–Trinajstić information content (AvgIpc) is 2.93. The van der Waals surface area contributed by atoms with Gasteiger partial charge in [0.05, 0.1) is 5.69 Å². The monoisotopic (exact) mass is 284 g/mol. The number of carbonyl (C=O) groups is 2. The van der Waals surface area contributed by atoms with Crippen molar-refractivity contribution in [2.24, 2.45) is 0 Å². The Labute approximate surface area is 124 Å².